The summed E-state index contributed by atoms with van der Waals surface area (Å²) in [4.78, 5) is 16.2. The Morgan fingerprint density at radius 2 is 1.88 bits per heavy atom. The van der Waals surface area contributed by atoms with Crippen molar-refractivity contribution in [3.05, 3.63) is 59.9 Å². The average molecular weight is 352 g/mol. The Labute approximate surface area is 153 Å². The van der Waals surface area contributed by atoms with Crippen LogP contribution in [0.15, 0.2) is 48.7 Å². The second-order valence-electron chi connectivity index (χ2n) is 7.28. The van der Waals surface area contributed by atoms with Crippen molar-refractivity contribution in [3.63, 3.8) is 0 Å². The fourth-order valence-electron chi connectivity index (χ4n) is 2.88. The van der Waals surface area contributed by atoms with Crippen LogP contribution in [0.1, 0.15) is 32.0 Å². The zero-order valence-corrected chi connectivity index (χ0v) is 15.7. The van der Waals surface area contributed by atoms with Crippen molar-refractivity contribution < 1.29 is 14.3 Å². The Morgan fingerprint density at radius 3 is 2.58 bits per heavy atom. The SMILES string of the molecule is Cc1cc2c(OCC(=O)OC(C)(C)C)nccc2n1Cc1ccccc1. The number of ether oxygens (including phenoxy) is 2. The molecule has 26 heavy (non-hydrogen) atoms. The van der Waals surface area contributed by atoms with Gasteiger partial charge in [-0.2, -0.15) is 0 Å². The van der Waals surface area contributed by atoms with Crippen LogP contribution in [-0.2, 0) is 16.1 Å². The van der Waals surface area contributed by atoms with Crippen LogP contribution in [0.25, 0.3) is 10.9 Å². The van der Waals surface area contributed by atoms with Gasteiger partial charge in [-0.3, -0.25) is 0 Å². The summed E-state index contributed by atoms with van der Waals surface area (Å²) in [7, 11) is 0. The van der Waals surface area contributed by atoms with Crippen molar-refractivity contribution >= 4 is 16.9 Å². The minimum atomic E-state index is -0.532. The first kappa shape index (κ1) is 18.0. The Morgan fingerprint density at radius 1 is 1.15 bits per heavy atom. The number of esters is 1. The maximum absolute atomic E-state index is 11.9. The molecule has 0 atom stereocenters. The first-order valence-corrected chi connectivity index (χ1v) is 8.67. The minimum absolute atomic E-state index is 0.160. The maximum atomic E-state index is 11.9. The van der Waals surface area contributed by atoms with Crippen LogP contribution in [-0.4, -0.2) is 27.7 Å². The summed E-state index contributed by atoms with van der Waals surface area (Å²) < 4.78 is 13.1. The number of fused-ring (bicyclic) bond motifs is 1. The van der Waals surface area contributed by atoms with E-state index in [0.717, 1.165) is 23.1 Å². The van der Waals surface area contributed by atoms with Crippen molar-refractivity contribution in [3.8, 4) is 5.88 Å². The number of carbonyl (C=O) groups excluding carboxylic acids is 1. The number of pyridine rings is 1. The van der Waals surface area contributed by atoms with Gasteiger partial charge in [-0.15, -0.1) is 0 Å². The van der Waals surface area contributed by atoms with E-state index < -0.39 is 11.6 Å². The van der Waals surface area contributed by atoms with E-state index in [-0.39, 0.29) is 6.61 Å². The Kier molecular flexibility index (Phi) is 4.98. The molecule has 136 valence electrons. The van der Waals surface area contributed by atoms with E-state index >= 15 is 0 Å². The molecule has 5 heteroatoms. The Balaban J connectivity index is 1.83. The van der Waals surface area contributed by atoms with Crippen LogP contribution in [0.3, 0.4) is 0 Å². The van der Waals surface area contributed by atoms with Crippen LogP contribution in [0.4, 0.5) is 0 Å². The van der Waals surface area contributed by atoms with E-state index in [1.54, 1.807) is 6.20 Å². The summed E-state index contributed by atoms with van der Waals surface area (Å²) in [6, 6.07) is 14.3. The molecule has 3 rings (SSSR count). The van der Waals surface area contributed by atoms with Crippen LogP contribution in [0.2, 0.25) is 0 Å². The molecule has 0 saturated carbocycles. The highest BCUT2D eigenvalue weighted by Gasteiger charge is 2.18. The molecule has 2 aromatic heterocycles. The van der Waals surface area contributed by atoms with E-state index in [2.05, 4.69) is 28.6 Å². The van der Waals surface area contributed by atoms with Gasteiger partial charge in [0.1, 0.15) is 5.60 Å². The smallest absolute Gasteiger partial charge is 0.344 e. The van der Waals surface area contributed by atoms with Crippen LogP contribution in [0.5, 0.6) is 5.88 Å². The lowest BCUT2D eigenvalue weighted by Gasteiger charge is -2.19. The fraction of sp³-hybridized carbons (Fsp3) is 0.333. The molecule has 5 nitrogen and oxygen atoms in total. The Hall–Kier alpha value is -2.82. The lowest BCUT2D eigenvalue weighted by molar-refractivity contribution is -0.157. The third kappa shape index (κ3) is 4.23. The van der Waals surface area contributed by atoms with Crippen molar-refractivity contribution in [2.75, 3.05) is 6.61 Å². The largest absolute Gasteiger partial charge is 0.465 e. The number of rotatable bonds is 5. The lowest BCUT2D eigenvalue weighted by atomic mass is 10.2. The first-order valence-electron chi connectivity index (χ1n) is 8.67. The molecule has 0 saturated heterocycles. The normalized spacial score (nSPS) is 11.5. The second kappa shape index (κ2) is 7.20. The molecular formula is C21H24N2O3. The Bertz CT molecular complexity index is 908. The molecule has 0 unspecified atom stereocenters. The highest BCUT2D eigenvalue weighted by molar-refractivity contribution is 5.86. The number of nitrogens with zero attached hydrogens (tertiary/aromatic N) is 2. The van der Waals surface area contributed by atoms with Gasteiger partial charge in [-0.25, -0.2) is 9.78 Å². The van der Waals surface area contributed by atoms with Gasteiger partial charge in [0.05, 0.1) is 10.9 Å². The van der Waals surface area contributed by atoms with Gasteiger partial charge < -0.3 is 14.0 Å². The zero-order valence-electron chi connectivity index (χ0n) is 15.7. The van der Waals surface area contributed by atoms with Gasteiger partial charge in [0.25, 0.3) is 0 Å². The monoisotopic (exact) mass is 352 g/mol. The summed E-state index contributed by atoms with van der Waals surface area (Å²) in [6.45, 7) is 8.16. The van der Waals surface area contributed by atoms with Gasteiger partial charge in [0, 0.05) is 18.4 Å². The molecule has 1 aromatic carbocycles. The highest BCUT2D eigenvalue weighted by atomic mass is 16.6. The molecule has 0 fully saturated rings. The lowest BCUT2D eigenvalue weighted by Crippen LogP contribution is -2.27. The summed E-state index contributed by atoms with van der Waals surface area (Å²) in [5.41, 5.74) is 2.83. The molecule has 0 aliphatic heterocycles. The van der Waals surface area contributed by atoms with E-state index in [4.69, 9.17) is 9.47 Å². The summed E-state index contributed by atoms with van der Waals surface area (Å²) in [5, 5.41) is 0.893. The van der Waals surface area contributed by atoms with Crippen LogP contribution >= 0.6 is 0 Å². The van der Waals surface area contributed by atoms with E-state index in [0.29, 0.717) is 5.88 Å². The maximum Gasteiger partial charge on any atom is 0.344 e. The predicted octanol–water partition coefficient (Wildman–Crippen LogP) is 4.11. The second-order valence-corrected chi connectivity index (χ2v) is 7.28. The molecule has 0 N–H and O–H groups in total. The molecule has 2 heterocycles. The fourth-order valence-corrected chi connectivity index (χ4v) is 2.88. The molecule has 3 aromatic rings. The van der Waals surface area contributed by atoms with Gasteiger partial charge in [-0.1, -0.05) is 30.3 Å². The molecule has 0 radical (unpaired) electrons. The standard InChI is InChI=1S/C21H24N2O3/c1-15-12-17-18(23(15)13-16-8-6-5-7-9-16)10-11-22-20(17)25-14-19(24)26-21(2,3)4/h5-12H,13-14H2,1-4H3. The van der Waals surface area contributed by atoms with Gasteiger partial charge in [-0.05, 0) is 45.4 Å². The van der Waals surface area contributed by atoms with Crippen molar-refractivity contribution in [1.82, 2.24) is 9.55 Å². The van der Waals surface area contributed by atoms with Crippen molar-refractivity contribution in [2.24, 2.45) is 0 Å². The van der Waals surface area contributed by atoms with Crippen molar-refractivity contribution in [1.29, 1.82) is 0 Å². The van der Waals surface area contributed by atoms with Gasteiger partial charge in [0.15, 0.2) is 6.61 Å². The molecule has 0 spiro atoms. The molecule has 0 bridgehead atoms. The number of carbonyl (C=O) groups is 1. The zero-order chi connectivity index (χ0) is 18.7. The van der Waals surface area contributed by atoms with E-state index in [1.165, 1.54) is 5.56 Å². The first-order chi connectivity index (χ1) is 12.3. The van der Waals surface area contributed by atoms with E-state index in [9.17, 15) is 4.79 Å². The van der Waals surface area contributed by atoms with Crippen LogP contribution < -0.4 is 4.74 Å². The summed E-state index contributed by atoms with van der Waals surface area (Å²) >= 11 is 0. The molecule has 0 aliphatic rings. The van der Waals surface area contributed by atoms with Gasteiger partial charge in [0.2, 0.25) is 5.88 Å². The summed E-state index contributed by atoms with van der Waals surface area (Å²) in [5.74, 6) is 0.0417. The minimum Gasteiger partial charge on any atom is -0.465 e. The number of aryl methyl sites for hydroxylation is 1. The third-order valence-corrected chi connectivity index (χ3v) is 3.93. The molecular weight excluding hydrogens is 328 g/mol. The number of benzene rings is 1. The highest BCUT2D eigenvalue weighted by Crippen LogP contribution is 2.27. The number of hydrogen-bond acceptors (Lipinski definition) is 4. The quantitative estimate of drug-likeness (QED) is 0.648. The van der Waals surface area contributed by atoms with Crippen molar-refractivity contribution in [2.45, 2.75) is 39.8 Å². The number of hydrogen-bond donors (Lipinski definition) is 0. The summed E-state index contributed by atoms with van der Waals surface area (Å²) in [6.07, 6.45) is 1.70. The predicted molar refractivity (Wildman–Crippen MR) is 101 cm³/mol. The third-order valence-electron chi connectivity index (χ3n) is 3.93. The molecule has 0 amide bonds. The molecule has 0 aliphatic carbocycles. The topological polar surface area (TPSA) is 53.4 Å². The van der Waals surface area contributed by atoms with Crippen LogP contribution in [0, 0.1) is 6.92 Å². The van der Waals surface area contributed by atoms with E-state index in [1.807, 2.05) is 51.1 Å². The van der Waals surface area contributed by atoms with Gasteiger partial charge >= 0.3 is 5.97 Å². The average Bonchev–Trinajstić information content (AvgIpc) is 2.89. The number of aromatic nitrogens is 2.